The molecule has 2 rings (SSSR count). The minimum absolute atomic E-state index is 0.0468. The van der Waals surface area contributed by atoms with Gasteiger partial charge in [0.2, 0.25) is 0 Å². The molecule has 1 heterocycles. The maximum atomic E-state index is 6.33. The maximum Gasteiger partial charge on any atom is 0.0843 e. The first-order chi connectivity index (χ1) is 8.61. The lowest BCUT2D eigenvalue weighted by Crippen LogP contribution is -2.10. The molecule has 1 atom stereocenters. The van der Waals surface area contributed by atoms with Gasteiger partial charge in [0.25, 0.3) is 0 Å². The van der Waals surface area contributed by atoms with Crippen LogP contribution in [0.25, 0.3) is 0 Å². The van der Waals surface area contributed by atoms with E-state index in [2.05, 4.69) is 69.1 Å². The lowest BCUT2D eigenvalue weighted by atomic mass is 10.0. The van der Waals surface area contributed by atoms with Crippen molar-refractivity contribution in [2.24, 2.45) is 5.73 Å². The quantitative estimate of drug-likeness (QED) is 0.757. The van der Waals surface area contributed by atoms with Crippen LogP contribution in [-0.2, 0) is 6.42 Å². The Morgan fingerprint density at radius 1 is 1.28 bits per heavy atom. The fraction of sp³-hybridized carbons (Fsp3) is 0.286. The zero-order chi connectivity index (χ0) is 13.1. The summed E-state index contributed by atoms with van der Waals surface area (Å²) < 4.78 is 2.17. The molecule has 0 radical (unpaired) electrons. The van der Waals surface area contributed by atoms with E-state index in [1.54, 1.807) is 11.3 Å². The Hall–Kier alpha value is -0.160. The number of aryl methyl sites for hydroxylation is 1. The monoisotopic (exact) mass is 387 g/mol. The molecule has 2 N–H and O–H groups in total. The van der Waals surface area contributed by atoms with E-state index in [1.165, 1.54) is 16.0 Å². The summed E-state index contributed by atoms with van der Waals surface area (Å²) in [6.07, 6.45) is 2.27. The average Bonchev–Trinajstić information content (AvgIpc) is 2.69. The SMILES string of the molecule is CCCc1cccc(C(N)c2cc(Br)c(Br)s2)c1. The maximum absolute atomic E-state index is 6.33. The highest BCUT2D eigenvalue weighted by atomic mass is 79.9. The van der Waals surface area contributed by atoms with Crippen LogP contribution in [0.1, 0.15) is 35.4 Å². The van der Waals surface area contributed by atoms with Crippen molar-refractivity contribution in [3.8, 4) is 0 Å². The summed E-state index contributed by atoms with van der Waals surface area (Å²) in [5.74, 6) is 0. The second kappa shape index (κ2) is 6.33. The molecule has 0 saturated heterocycles. The molecule has 0 aliphatic rings. The van der Waals surface area contributed by atoms with Gasteiger partial charge in [0.1, 0.15) is 0 Å². The van der Waals surface area contributed by atoms with E-state index in [0.717, 1.165) is 21.1 Å². The van der Waals surface area contributed by atoms with Gasteiger partial charge in [0, 0.05) is 9.35 Å². The van der Waals surface area contributed by atoms with Gasteiger partial charge < -0.3 is 5.73 Å². The van der Waals surface area contributed by atoms with E-state index in [0.29, 0.717) is 0 Å². The molecule has 0 bridgehead atoms. The molecule has 0 aliphatic heterocycles. The zero-order valence-electron chi connectivity index (χ0n) is 10.1. The van der Waals surface area contributed by atoms with Crippen molar-refractivity contribution in [3.05, 3.63) is 54.6 Å². The summed E-state index contributed by atoms with van der Waals surface area (Å²) >= 11 is 8.70. The molecule has 1 nitrogen and oxygen atoms in total. The van der Waals surface area contributed by atoms with Gasteiger partial charge in [-0.15, -0.1) is 11.3 Å². The topological polar surface area (TPSA) is 26.0 Å². The third kappa shape index (κ3) is 3.23. The summed E-state index contributed by atoms with van der Waals surface area (Å²) in [6, 6.07) is 10.6. The molecule has 1 unspecified atom stereocenters. The molecular weight excluding hydrogens is 374 g/mol. The summed E-state index contributed by atoms with van der Waals surface area (Å²) in [4.78, 5) is 1.17. The van der Waals surface area contributed by atoms with Crippen LogP contribution < -0.4 is 5.73 Å². The average molecular weight is 389 g/mol. The van der Waals surface area contributed by atoms with Crippen molar-refractivity contribution in [2.75, 3.05) is 0 Å². The highest BCUT2D eigenvalue weighted by Gasteiger charge is 2.14. The van der Waals surface area contributed by atoms with Crippen molar-refractivity contribution < 1.29 is 0 Å². The molecule has 2 aromatic rings. The molecule has 0 fully saturated rings. The third-order valence-electron chi connectivity index (χ3n) is 2.82. The van der Waals surface area contributed by atoms with Crippen LogP contribution in [-0.4, -0.2) is 0 Å². The molecule has 0 aliphatic carbocycles. The van der Waals surface area contributed by atoms with Crippen molar-refractivity contribution >= 4 is 43.2 Å². The van der Waals surface area contributed by atoms with E-state index in [-0.39, 0.29) is 6.04 Å². The van der Waals surface area contributed by atoms with Crippen LogP contribution in [0.2, 0.25) is 0 Å². The van der Waals surface area contributed by atoms with Gasteiger partial charge in [-0.2, -0.15) is 0 Å². The van der Waals surface area contributed by atoms with Gasteiger partial charge >= 0.3 is 0 Å². The lowest BCUT2D eigenvalue weighted by Gasteiger charge is -2.11. The predicted molar refractivity (Wildman–Crippen MR) is 86.2 cm³/mol. The Bertz CT molecular complexity index is 517. The van der Waals surface area contributed by atoms with Crippen molar-refractivity contribution in [2.45, 2.75) is 25.8 Å². The first-order valence-corrected chi connectivity index (χ1v) is 8.31. The third-order valence-corrected chi connectivity index (χ3v) is 6.16. The zero-order valence-corrected chi connectivity index (χ0v) is 14.1. The van der Waals surface area contributed by atoms with Gasteiger partial charge in [-0.05, 0) is 55.5 Å². The highest BCUT2D eigenvalue weighted by Crippen LogP contribution is 2.36. The molecular formula is C14H15Br2NS. The Morgan fingerprint density at radius 2 is 2.06 bits per heavy atom. The number of nitrogens with two attached hydrogens (primary N) is 1. The molecule has 4 heteroatoms. The Morgan fingerprint density at radius 3 is 2.67 bits per heavy atom. The molecule has 1 aromatic carbocycles. The number of rotatable bonds is 4. The molecule has 0 spiro atoms. The van der Waals surface area contributed by atoms with Crippen LogP contribution >= 0.6 is 43.2 Å². The highest BCUT2D eigenvalue weighted by molar-refractivity contribution is 9.13. The smallest absolute Gasteiger partial charge is 0.0843 e. The van der Waals surface area contributed by atoms with E-state index in [1.807, 2.05) is 0 Å². The van der Waals surface area contributed by atoms with E-state index < -0.39 is 0 Å². The molecule has 1 aromatic heterocycles. The summed E-state index contributed by atoms with van der Waals surface area (Å²) in [7, 11) is 0. The largest absolute Gasteiger partial charge is 0.320 e. The summed E-state index contributed by atoms with van der Waals surface area (Å²) in [6.45, 7) is 2.19. The lowest BCUT2D eigenvalue weighted by molar-refractivity contribution is 0.874. The number of hydrogen-bond acceptors (Lipinski definition) is 2. The van der Waals surface area contributed by atoms with Crippen molar-refractivity contribution in [3.63, 3.8) is 0 Å². The number of hydrogen-bond donors (Lipinski definition) is 1. The fourth-order valence-electron chi connectivity index (χ4n) is 1.91. The second-order valence-corrected chi connectivity index (χ2v) is 7.50. The van der Waals surface area contributed by atoms with Crippen LogP contribution in [0.3, 0.4) is 0 Å². The normalized spacial score (nSPS) is 12.7. The first-order valence-electron chi connectivity index (χ1n) is 5.91. The number of benzene rings is 1. The molecule has 18 heavy (non-hydrogen) atoms. The minimum atomic E-state index is -0.0468. The van der Waals surface area contributed by atoms with Gasteiger partial charge in [0.15, 0.2) is 0 Å². The summed E-state index contributed by atoms with van der Waals surface area (Å²) in [5.41, 5.74) is 8.88. The van der Waals surface area contributed by atoms with Crippen LogP contribution in [0.4, 0.5) is 0 Å². The van der Waals surface area contributed by atoms with E-state index in [4.69, 9.17) is 5.73 Å². The molecule has 0 saturated carbocycles. The Kier molecular flexibility index (Phi) is 5.01. The van der Waals surface area contributed by atoms with Crippen LogP contribution in [0, 0.1) is 0 Å². The van der Waals surface area contributed by atoms with Gasteiger partial charge in [0.05, 0.1) is 9.83 Å². The molecule has 96 valence electrons. The first kappa shape index (κ1) is 14.3. The van der Waals surface area contributed by atoms with E-state index in [9.17, 15) is 0 Å². The van der Waals surface area contributed by atoms with E-state index >= 15 is 0 Å². The summed E-state index contributed by atoms with van der Waals surface area (Å²) in [5, 5.41) is 0. The second-order valence-electron chi connectivity index (χ2n) is 4.24. The minimum Gasteiger partial charge on any atom is -0.320 e. The Balaban J connectivity index is 2.27. The standard InChI is InChI=1S/C14H15Br2NS/c1-2-4-9-5-3-6-10(7-9)13(17)12-8-11(15)14(16)18-12/h3,5-8,13H,2,4,17H2,1H3. The van der Waals surface area contributed by atoms with Crippen LogP contribution in [0.5, 0.6) is 0 Å². The van der Waals surface area contributed by atoms with Crippen molar-refractivity contribution in [1.82, 2.24) is 0 Å². The predicted octanol–water partition coefficient (Wildman–Crippen LogP) is 5.27. The van der Waals surface area contributed by atoms with Gasteiger partial charge in [-0.3, -0.25) is 0 Å². The fourth-order valence-corrected chi connectivity index (χ4v) is 4.03. The van der Waals surface area contributed by atoms with Gasteiger partial charge in [-0.25, -0.2) is 0 Å². The van der Waals surface area contributed by atoms with Crippen LogP contribution in [0.15, 0.2) is 38.6 Å². The van der Waals surface area contributed by atoms with Gasteiger partial charge in [-0.1, -0.05) is 37.6 Å². The number of thiophene rings is 1. The Labute approximate surface area is 129 Å². The van der Waals surface area contributed by atoms with Crippen molar-refractivity contribution in [1.29, 1.82) is 0 Å². The number of halogens is 2. The molecule has 0 amide bonds.